The molecule has 0 aromatic carbocycles. The van der Waals surface area contributed by atoms with E-state index in [9.17, 15) is 13.2 Å². The second-order valence-corrected chi connectivity index (χ2v) is 3.47. The Labute approximate surface area is 90.2 Å². The second kappa shape index (κ2) is 8.60. The topological polar surface area (TPSA) is 93.7 Å². The summed E-state index contributed by atoms with van der Waals surface area (Å²) in [6, 6.07) is 0. The number of carbonyl (C=O) groups excluding carboxylic acids is 1. The molecular formula is C7H16N2O5S. The van der Waals surface area contributed by atoms with Crippen LogP contribution < -0.4 is 10.8 Å². The first-order valence-corrected chi connectivity index (χ1v) is 5.66. The van der Waals surface area contributed by atoms with Gasteiger partial charge in [0.05, 0.1) is 0 Å². The highest BCUT2D eigenvalue weighted by Gasteiger charge is 2.08. The number of rotatable bonds is 8. The molecule has 0 aliphatic heterocycles. The Hall–Kier alpha value is -0.700. The minimum atomic E-state index is -3.02. The maximum Gasteiger partial charge on any atom is 0.285 e. The van der Waals surface area contributed by atoms with Gasteiger partial charge in [-0.2, -0.15) is 5.48 Å². The van der Waals surface area contributed by atoms with E-state index in [0.29, 0.717) is 6.54 Å². The van der Waals surface area contributed by atoms with E-state index in [1.165, 1.54) is 0 Å². The first-order chi connectivity index (χ1) is 7.07. The van der Waals surface area contributed by atoms with Crippen molar-refractivity contribution in [3.63, 3.8) is 0 Å². The van der Waals surface area contributed by atoms with Gasteiger partial charge < -0.3 is 5.32 Å². The van der Waals surface area contributed by atoms with Gasteiger partial charge in [-0.25, -0.2) is 8.42 Å². The maximum atomic E-state index is 11.2. The molecule has 0 saturated carbocycles. The van der Waals surface area contributed by atoms with Gasteiger partial charge in [0.2, 0.25) is 5.91 Å². The predicted octanol–water partition coefficient (Wildman–Crippen LogP) is -0.872. The molecule has 7 nitrogen and oxygen atoms in total. The smallest absolute Gasteiger partial charge is 0.285 e. The Morgan fingerprint density at radius 2 is 2.07 bits per heavy atom. The molecule has 15 heavy (non-hydrogen) atoms. The van der Waals surface area contributed by atoms with Gasteiger partial charge in [0.25, 0.3) is 11.0 Å². The normalized spacial score (nSPS) is 12.7. The van der Waals surface area contributed by atoms with E-state index in [1.54, 1.807) is 0 Å². The van der Waals surface area contributed by atoms with E-state index in [0.717, 1.165) is 6.42 Å². The van der Waals surface area contributed by atoms with Gasteiger partial charge in [-0.3, -0.25) is 4.79 Å². The molecular weight excluding hydrogens is 224 g/mol. The third-order valence-electron chi connectivity index (χ3n) is 1.74. The average Bonchev–Trinajstić information content (AvgIpc) is 2.21. The molecule has 8 heteroatoms. The fourth-order valence-corrected chi connectivity index (χ4v) is 0.808. The van der Waals surface area contributed by atoms with Crippen molar-refractivity contribution in [1.82, 2.24) is 10.8 Å². The quantitative estimate of drug-likeness (QED) is 0.221. The Kier molecular flexibility index (Phi) is 8.19. The Balaban J connectivity index is 3.35. The fourth-order valence-electron chi connectivity index (χ4n) is 0.695. The van der Waals surface area contributed by atoms with Crippen molar-refractivity contribution >= 4 is 16.9 Å². The molecule has 0 bridgehead atoms. The number of carbonyl (C=O) groups is 1. The molecule has 0 spiro atoms. The first-order valence-electron chi connectivity index (χ1n) is 4.56. The van der Waals surface area contributed by atoms with E-state index < -0.39 is 11.0 Å². The number of hydrogen-bond acceptors (Lipinski definition) is 6. The van der Waals surface area contributed by atoms with Crippen LogP contribution in [0.15, 0.2) is 0 Å². The summed E-state index contributed by atoms with van der Waals surface area (Å²) in [7, 11) is -3.02. The molecule has 0 radical (unpaired) electrons. The van der Waals surface area contributed by atoms with Gasteiger partial charge in [-0.1, -0.05) is 18.2 Å². The van der Waals surface area contributed by atoms with Crippen LogP contribution >= 0.6 is 0 Å². The average molecular weight is 240 g/mol. The SMILES string of the molecule is CCC(C)C(=O)NCCNOO[SH](=O)=O. The van der Waals surface area contributed by atoms with Crippen molar-refractivity contribution in [2.45, 2.75) is 20.3 Å². The Morgan fingerprint density at radius 3 is 2.60 bits per heavy atom. The molecule has 0 fully saturated rings. The Morgan fingerprint density at radius 1 is 1.40 bits per heavy atom. The molecule has 1 atom stereocenters. The van der Waals surface area contributed by atoms with Gasteiger partial charge in [0, 0.05) is 19.0 Å². The van der Waals surface area contributed by atoms with E-state index in [-0.39, 0.29) is 18.4 Å². The lowest BCUT2D eigenvalue weighted by Gasteiger charge is -2.09. The van der Waals surface area contributed by atoms with Crippen LogP contribution in [-0.2, 0) is 25.1 Å². The minimum Gasteiger partial charge on any atom is -0.355 e. The Bertz CT molecular complexity index is 248. The predicted molar refractivity (Wildman–Crippen MR) is 53.0 cm³/mol. The summed E-state index contributed by atoms with van der Waals surface area (Å²) in [5.74, 6) is -0.0755. The number of nitrogens with one attached hydrogen (secondary N) is 2. The molecule has 0 aliphatic carbocycles. The van der Waals surface area contributed by atoms with Crippen LogP contribution in [0.1, 0.15) is 20.3 Å². The van der Waals surface area contributed by atoms with Gasteiger partial charge >= 0.3 is 0 Å². The van der Waals surface area contributed by atoms with Crippen LogP contribution in [0.5, 0.6) is 0 Å². The largest absolute Gasteiger partial charge is 0.355 e. The first kappa shape index (κ1) is 14.3. The summed E-state index contributed by atoms with van der Waals surface area (Å²) in [5, 5.41) is 2.63. The second-order valence-electron chi connectivity index (χ2n) is 2.88. The summed E-state index contributed by atoms with van der Waals surface area (Å²) in [4.78, 5) is 15.3. The zero-order valence-electron chi connectivity index (χ0n) is 8.69. The van der Waals surface area contributed by atoms with Gasteiger partial charge in [-0.05, 0) is 6.42 Å². The number of hydroxylamine groups is 1. The molecule has 0 aromatic rings. The number of hydrogen-bond donors (Lipinski definition) is 3. The van der Waals surface area contributed by atoms with E-state index in [1.807, 2.05) is 13.8 Å². The third kappa shape index (κ3) is 8.30. The van der Waals surface area contributed by atoms with Gasteiger partial charge in [-0.15, -0.1) is 4.99 Å². The van der Waals surface area contributed by atoms with Crippen LogP contribution in [0.2, 0.25) is 0 Å². The molecule has 2 N–H and O–H groups in total. The summed E-state index contributed by atoms with van der Waals surface area (Å²) in [6.07, 6.45) is 0.773. The van der Waals surface area contributed by atoms with Crippen LogP contribution in [0, 0.1) is 5.92 Å². The third-order valence-corrected chi connectivity index (χ3v) is 1.94. The molecule has 90 valence electrons. The minimum absolute atomic E-state index is 0.0294. The fraction of sp³-hybridized carbons (Fsp3) is 0.857. The van der Waals surface area contributed by atoms with Crippen LogP contribution in [0.25, 0.3) is 0 Å². The lowest BCUT2D eigenvalue weighted by molar-refractivity contribution is -0.249. The van der Waals surface area contributed by atoms with Crippen LogP contribution in [-0.4, -0.2) is 27.4 Å². The molecule has 1 amide bonds. The number of amides is 1. The van der Waals surface area contributed by atoms with Crippen molar-refractivity contribution in [2.75, 3.05) is 13.1 Å². The lowest BCUT2D eigenvalue weighted by Crippen LogP contribution is -2.34. The van der Waals surface area contributed by atoms with Crippen molar-refractivity contribution < 1.29 is 22.5 Å². The number of thiol groups is 1. The summed E-state index contributed by atoms with van der Waals surface area (Å²) in [5.41, 5.74) is 2.21. The highest BCUT2D eigenvalue weighted by molar-refractivity contribution is 7.67. The molecule has 0 saturated heterocycles. The summed E-state index contributed by atoms with van der Waals surface area (Å²) >= 11 is 0. The van der Waals surface area contributed by atoms with E-state index in [4.69, 9.17) is 0 Å². The van der Waals surface area contributed by atoms with Crippen molar-refractivity contribution in [2.24, 2.45) is 5.92 Å². The van der Waals surface area contributed by atoms with Gasteiger partial charge in [0.1, 0.15) is 0 Å². The summed E-state index contributed by atoms with van der Waals surface area (Å²) < 4.78 is 23.4. The zero-order chi connectivity index (χ0) is 11.7. The molecule has 0 aromatic heterocycles. The standard InChI is InChI=1S/C7H16N2O5S/c1-3-6(2)7(10)8-4-5-9-13-14-15(11)12/h6,9,15H,3-5H2,1-2H3,(H,8,10). The summed E-state index contributed by atoms with van der Waals surface area (Å²) in [6.45, 7) is 4.34. The van der Waals surface area contributed by atoms with E-state index in [2.05, 4.69) is 20.1 Å². The maximum absolute atomic E-state index is 11.2. The monoisotopic (exact) mass is 240 g/mol. The van der Waals surface area contributed by atoms with Gasteiger partial charge in [0.15, 0.2) is 0 Å². The molecule has 1 unspecified atom stereocenters. The lowest BCUT2D eigenvalue weighted by atomic mass is 10.1. The van der Waals surface area contributed by atoms with Crippen molar-refractivity contribution in [3.05, 3.63) is 0 Å². The molecule has 0 rings (SSSR count). The van der Waals surface area contributed by atoms with Crippen LogP contribution in [0.3, 0.4) is 0 Å². The molecule has 0 heterocycles. The highest BCUT2D eigenvalue weighted by atomic mass is 32.2. The molecule has 0 aliphatic rings. The van der Waals surface area contributed by atoms with Crippen molar-refractivity contribution in [3.8, 4) is 0 Å². The zero-order valence-corrected chi connectivity index (χ0v) is 9.58. The highest BCUT2D eigenvalue weighted by Crippen LogP contribution is 1.98. The van der Waals surface area contributed by atoms with Crippen LogP contribution in [0.4, 0.5) is 0 Å². The van der Waals surface area contributed by atoms with Crippen molar-refractivity contribution in [1.29, 1.82) is 0 Å². The van der Waals surface area contributed by atoms with E-state index >= 15 is 0 Å².